The van der Waals surface area contributed by atoms with Crippen molar-refractivity contribution in [3.05, 3.63) is 59.4 Å². The first kappa shape index (κ1) is 16.3. The zero-order valence-electron chi connectivity index (χ0n) is 14.5. The lowest BCUT2D eigenvalue weighted by Crippen LogP contribution is -2.38. The molecule has 1 aliphatic heterocycles. The second-order valence-corrected chi connectivity index (χ2v) is 6.27. The molecule has 0 saturated heterocycles. The molecule has 1 aromatic heterocycles. The van der Waals surface area contributed by atoms with Gasteiger partial charge >= 0.3 is 6.03 Å². The van der Waals surface area contributed by atoms with E-state index >= 15 is 0 Å². The molecule has 126 valence electrons. The van der Waals surface area contributed by atoms with E-state index in [4.69, 9.17) is 0 Å². The number of benzene rings is 1. The molecule has 0 radical (unpaired) electrons. The summed E-state index contributed by atoms with van der Waals surface area (Å²) in [5, 5.41) is 7.46. The summed E-state index contributed by atoms with van der Waals surface area (Å²) in [7, 11) is 0. The predicted molar refractivity (Wildman–Crippen MR) is 96.2 cm³/mol. The first-order chi connectivity index (χ1) is 11.6. The fraction of sp³-hybridized carbons (Fsp3) is 0.368. The molecule has 0 aliphatic carbocycles. The van der Waals surface area contributed by atoms with Crippen molar-refractivity contribution in [3.8, 4) is 0 Å². The number of aromatic nitrogens is 2. The van der Waals surface area contributed by atoms with Crippen LogP contribution in [-0.2, 0) is 6.54 Å². The molecular weight excluding hydrogens is 300 g/mol. The van der Waals surface area contributed by atoms with Gasteiger partial charge in [0.2, 0.25) is 0 Å². The molecule has 0 saturated carbocycles. The van der Waals surface area contributed by atoms with E-state index in [0.717, 1.165) is 35.6 Å². The molecule has 0 unspecified atom stereocenters. The van der Waals surface area contributed by atoms with E-state index < -0.39 is 0 Å². The van der Waals surface area contributed by atoms with Crippen molar-refractivity contribution < 1.29 is 4.79 Å². The lowest BCUT2D eigenvalue weighted by molar-refractivity contribution is 0.209. The minimum absolute atomic E-state index is 0.0434. The quantitative estimate of drug-likeness (QED) is 0.871. The summed E-state index contributed by atoms with van der Waals surface area (Å²) in [6.07, 6.45) is 5.08. The van der Waals surface area contributed by atoms with Gasteiger partial charge in [0.05, 0.1) is 18.3 Å². The second-order valence-electron chi connectivity index (χ2n) is 6.27. The van der Waals surface area contributed by atoms with Crippen LogP contribution < -0.4 is 5.32 Å². The van der Waals surface area contributed by atoms with Crippen LogP contribution in [0.15, 0.2) is 42.5 Å². The largest absolute Gasteiger partial charge is 0.322 e. The molecule has 1 aliphatic rings. The van der Waals surface area contributed by atoms with Gasteiger partial charge < -0.3 is 10.2 Å². The summed E-state index contributed by atoms with van der Waals surface area (Å²) in [5.74, 6) is 0. The van der Waals surface area contributed by atoms with Crippen LogP contribution in [-0.4, -0.2) is 33.3 Å². The van der Waals surface area contributed by atoms with Crippen molar-refractivity contribution in [2.45, 2.75) is 39.8 Å². The number of anilines is 1. The summed E-state index contributed by atoms with van der Waals surface area (Å²) in [6.45, 7) is 7.57. The third kappa shape index (κ3) is 3.50. The highest BCUT2D eigenvalue weighted by atomic mass is 16.2. The molecule has 1 aromatic carbocycles. The lowest BCUT2D eigenvalue weighted by atomic mass is 10.2. The maximum absolute atomic E-state index is 12.4. The number of rotatable bonds is 4. The number of urea groups is 1. The van der Waals surface area contributed by atoms with E-state index in [9.17, 15) is 4.79 Å². The van der Waals surface area contributed by atoms with E-state index in [1.54, 1.807) is 0 Å². The molecule has 5 nitrogen and oxygen atoms in total. The van der Waals surface area contributed by atoms with Gasteiger partial charge in [0.15, 0.2) is 0 Å². The molecule has 2 amide bonds. The smallest absolute Gasteiger partial charge is 0.314 e. The minimum Gasteiger partial charge on any atom is -0.314 e. The standard InChI is InChI=1S/C19H24N4O/c1-4-18-6-5-11-22(18)19(24)20-17-9-7-16(8-10-17)13-23-15(3)12-14(2)21-23/h5-10,12,18H,4,11,13H2,1-3H3,(H,20,24)/t18-/m0/s1. The highest BCUT2D eigenvalue weighted by molar-refractivity contribution is 5.90. The molecule has 3 rings (SSSR count). The number of nitrogens with one attached hydrogen (secondary N) is 1. The summed E-state index contributed by atoms with van der Waals surface area (Å²) in [5.41, 5.74) is 4.16. The number of hydrogen-bond donors (Lipinski definition) is 1. The maximum Gasteiger partial charge on any atom is 0.322 e. The number of hydrogen-bond acceptors (Lipinski definition) is 2. The second kappa shape index (κ2) is 6.91. The van der Waals surface area contributed by atoms with Gasteiger partial charge in [-0.1, -0.05) is 31.2 Å². The van der Waals surface area contributed by atoms with Crippen molar-refractivity contribution >= 4 is 11.7 Å². The Labute approximate surface area is 143 Å². The summed E-state index contributed by atoms with van der Waals surface area (Å²) in [4.78, 5) is 14.2. The Morgan fingerprint density at radius 3 is 2.67 bits per heavy atom. The molecule has 1 N–H and O–H groups in total. The van der Waals surface area contributed by atoms with Crippen LogP contribution in [0.3, 0.4) is 0 Å². The molecule has 5 heteroatoms. The first-order valence-corrected chi connectivity index (χ1v) is 8.41. The predicted octanol–water partition coefficient (Wildman–Crippen LogP) is 3.73. The molecule has 2 aromatic rings. The van der Waals surface area contributed by atoms with Crippen molar-refractivity contribution in [1.29, 1.82) is 0 Å². The zero-order valence-corrected chi connectivity index (χ0v) is 14.5. The summed E-state index contributed by atoms with van der Waals surface area (Å²) in [6, 6.07) is 10.2. The van der Waals surface area contributed by atoms with Crippen molar-refractivity contribution in [2.24, 2.45) is 0 Å². The molecule has 2 heterocycles. The van der Waals surface area contributed by atoms with Crippen LogP contribution in [0.5, 0.6) is 0 Å². The monoisotopic (exact) mass is 324 g/mol. The topological polar surface area (TPSA) is 50.2 Å². The number of aryl methyl sites for hydroxylation is 2. The van der Waals surface area contributed by atoms with E-state index in [1.165, 1.54) is 0 Å². The van der Waals surface area contributed by atoms with Gasteiger partial charge in [0.1, 0.15) is 0 Å². The summed E-state index contributed by atoms with van der Waals surface area (Å²) < 4.78 is 1.99. The number of carbonyl (C=O) groups excluding carboxylic acids is 1. The summed E-state index contributed by atoms with van der Waals surface area (Å²) >= 11 is 0. The Hall–Kier alpha value is -2.56. The van der Waals surface area contributed by atoms with E-state index in [2.05, 4.69) is 36.4 Å². The molecule has 0 spiro atoms. The van der Waals surface area contributed by atoms with E-state index in [0.29, 0.717) is 6.54 Å². The Morgan fingerprint density at radius 1 is 1.29 bits per heavy atom. The Kier molecular flexibility index (Phi) is 4.69. The van der Waals surface area contributed by atoms with Gasteiger partial charge in [-0.3, -0.25) is 4.68 Å². The average molecular weight is 324 g/mol. The van der Waals surface area contributed by atoms with Gasteiger partial charge in [0.25, 0.3) is 0 Å². The van der Waals surface area contributed by atoms with Gasteiger partial charge in [-0.2, -0.15) is 5.10 Å². The molecule has 1 atom stereocenters. The van der Waals surface area contributed by atoms with Gasteiger partial charge in [0, 0.05) is 17.9 Å². The van der Waals surface area contributed by atoms with E-state index in [-0.39, 0.29) is 12.1 Å². The van der Waals surface area contributed by atoms with Crippen LogP contribution in [0.2, 0.25) is 0 Å². The molecule has 0 bridgehead atoms. The van der Waals surface area contributed by atoms with Crippen LogP contribution >= 0.6 is 0 Å². The molecular formula is C19H24N4O. The van der Waals surface area contributed by atoms with Gasteiger partial charge in [-0.05, 0) is 44.0 Å². The SMILES string of the molecule is CC[C@H]1C=CCN1C(=O)Nc1ccc(Cn2nc(C)cc2C)cc1. The van der Waals surface area contributed by atoms with Gasteiger partial charge in [-0.25, -0.2) is 4.79 Å². The Morgan fingerprint density at radius 2 is 2.04 bits per heavy atom. The van der Waals surface area contributed by atoms with Crippen LogP contribution in [0.1, 0.15) is 30.3 Å². The van der Waals surface area contributed by atoms with Crippen molar-refractivity contribution in [2.75, 3.05) is 11.9 Å². The fourth-order valence-electron chi connectivity index (χ4n) is 3.06. The highest BCUT2D eigenvalue weighted by Crippen LogP contribution is 2.17. The van der Waals surface area contributed by atoms with Gasteiger partial charge in [-0.15, -0.1) is 0 Å². The Balaban J connectivity index is 1.62. The number of carbonyl (C=O) groups is 1. The Bertz CT molecular complexity index is 745. The normalized spacial score (nSPS) is 16.6. The molecule has 24 heavy (non-hydrogen) atoms. The average Bonchev–Trinajstić information content (AvgIpc) is 3.15. The number of amides is 2. The first-order valence-electron chi connectivity index (χ1n) is 8.41. The minimum atomic E-state index is -0.0434. The van der Waals surface area contributed by atoms with Crippen LogP contribution in [0.4, 0.5) is 10.5 Å². The third-order valence-corrected chi connectivity index (χ3v) is 4.38. The zero-order chi connectivity index (χ0) is 17.1. The highest BCUT2D eigenvalue weighted by Gasteiger charge is 2.22. The number of nitrogens with zero attached hydrogens (tertiary/aromatic N) is 3. The van der Waals surface area contributed by atoms with Crippen molar-refractivity contribution in [3.63, 3.8) is 0 Å². The van der Waals surface area contributed by atoms with Crippen LogP contribution in [0, 0.1) is 13.8 Å². The van der Waals surface area contributed by atoms with Crippen LogP contribution in [0.25, 0.3) is 0 Å². The fourth-order valence-corrected chi connectivity index (χ4v) is 3.06. The van der Waals surface area contributed by atoms with Crippen molar-refractivity contribution in [1.82, 2.24) is 14.7 Å². The maximum atomic E-state index is 12.4. The lowest BCUT2D eigenvalue weighted by Gasteiger charge is -2.23. The van der Waals surface area contributed by atoms with E-state index in [1.807, 2.05) is 46.8 Å². The molecule has 0 fully saturated rings. The third-order valence-electron chi connectivity index (χ3n) is 4.38.